The number of benzene rings is 1. The van der Waals surface area contributed by atoms with Gasteiger partial charge in [-0.2, -0.15) is 4.98 Å². The van der Waals surface area contributed by atoms with Crippen LogP contribution in [0.1, 0.15) is 5.69 Å². The first-order valence-electron chi connectivity index (χ1n) is 5.99. The number of anilines is 3. The van der Waals surface area contributed by atoms with E-state index in [0.29, 0.717) is 12.4 Å². The van der Waals surface area contributed by atoms with Crippen molar-refractivity contribution in [1.29, 1.82) is 0 Å². The molecule has 3 N–H and O–H groups in total. The number of aromatic nitrogens is 2. The number of hydrogen-bond acceptors (Lipinski definition) is 5. The van der Waals surface area contributed by atoms with Crippen LogP contribution in [0.25, 0.3) is 0 Å². The molecule has 2 rings (SSSR count). The van der Waals surface area contributed by atoms with Crippen molar-refractivity contribution in [3.63, 3.8) is 0 Å². The van der Waals surface area contributed by atoms with Gasteiger partial charge < -0.3 is 15.8 Å². The number of hydrogen-bond donors (Lipinski definition) is 2. The van der Waals surface area contributed by atoms with Gasteiger partial charge in [0.1, 0.15) is 18.2 Å². The summed E-state index contributed by atoms with van der Waals surface area (Å²) < 4.78 is 6.42. The quantitative estimate of drug-likeness (QED) is 0.819. The van der Waals surface area contributed by atoms with Crippen molar-refractivity contribution >= 4 is 33.4 Å². The monoisotopic (exact) mass is 334 g/mol. The minimum Gasteiger partial charge on any atom is -0.489 e. The highest BCUT2D eigenvalue weighted by Crippen LogP contribution is 2.27. The normalized spacial score (nSPS) is 10.1. The summed E-state index contributed by atoms with van der Waals surface area (Å²) in [4.78, 5) is 8.17. The molecule has 0 amide bonds. The lowest BCUT2D eigenvalue weighted by Gasteiger charge is -2.10. The number of nitrogens with zero attached hydrogens (tertiary/aromatic N) is 2. The molecular formula is C14H15BrN4O. The predicted molar refractivity (Wildman–Crippen MR) is 84.3 cm³/mol. The smallest absolute Gasteiger partial charge is 0.222 e. The van der Waals surface area contributed by atoms with Gasteiger partial charge in [-0.15, -0.1) is 0 Å². The molecule has 5 nitrogen and oxygen atoms in total. The number of ether oxygens (including phenoxy) is 1. The zero-order valence-corrected chi connectivity index (χ0v) is 12.6. The third-order valence-electron chi connectivity index (χ3n) is 2.38. The van der Waals surface area contributed by atoms with E-state index in [-0.39, 0.29) is 5.95 Å². The highest BCUT2D eigenvalue weighted by atomic mass is 79.9. The Morgan fingerprint density at radius 3 is 2.85 bits per heavy atom. The molecule has 0 radical (unpaired) electrons. The third kappa shape index (κ3) is 3.96. The second kappa shape index (κ2) is 6.38. The van der Waals surface area contributed by atoms with Crippen molar-refractivity contribution in [2.75, 3.05) is 17.7 Å². The molecule has 0 aliphatic heterocycles. The molecule has 0 unspecified atom stereocenters. The molecule has 20 heavy (non-hydrogen) atoms. The van der Waals surface area contributed by atoms with Crippen LogP contribution >= 0.6 is 15.9 Å². The molecule has 2 aromatic rings. The molecular weight excluding hydrogens is 320 g/mol. The standard InChI is InChI=1S/C14H15BrN4O/c1-3-4-20-12-7-10(15)6-11(8-12)18-13-5-9(2)17-14(16)19-13/h3,5-8H,1,4H2,2H3,(H3,16,17,18,19). The molecule has 104 valence electrons. The van der Waals surface area contributed by atoms with E-state index in [1.807, 2.05) is 31.2 Å². The molecule has 0 saturated carbocycles. The zero-order valence-electron chi connectivity index (χ0n) is 11.1. The van der Waals surface area contributed by atoms with Crippen LogP contribution in [-0.2, 0) is 0 Å². The predicted octanol–water partition coefficient (Wildman–Crippen LogP) is 3.44. The van der Waals surface area contributed by atoms with Gasteiger partial charge in [-0.05, 0) is 19.1 Å². The van der Waals surface area contributed by atoms with E-state index in [0.717, 1.165) is 21.6 Å². The summed E-state index contributed by atoms with van der Waals surface area (Å²) in [6.07, 6.45) is 1.70. The third-order valence-corrected chi connectivity index (χ3v) is 2.84. The van der Waals surface area contributed by atoms with E-state index in [4.69, 9.17) is 10.5 Å². The lowest BCUT2D eigenvalue weighted by molar-refractivity contribution is 0.363. The first kappa shape index (κ1) is 14.3. The maximum Gasteiger partial charge on any atom is 0.222 e. The minimum absolute atomic E-state index is 0.241. The van der Waals surface area contributed by atoms with Crippen LogP contribution in [-0.4, -0.2) is 16.6 Å². The fourth-order valence-electron chi connectivity index (χ4n) is 1.68. The average Bonchev–Trinajstić information content (AvgIpc) is 2.34. The Bertz CT molecular complexity index is 610. The van der Waals surface area contributed by atoms with Crippen molar-refractivity contribution in [3.05, 3.63) is 47.1 Å². The van der Waals surface area contributed by atoms with Crippen molar-refractivity contribution in [1.82, 2.24) is 9.97 Å². The Kier molecular flexibility index (Phi) is 4.57. The summed E-state index contributed by atoms with van der Waals surface area (Å²) in [5.74, 6) is 1.62. The average molecular weight is 335 g/mol. The van der Waals surface area contributed by atoms with Crippen LogP contribution in [0.15, 0.2) is 41.4 Å². The van der Waals surface area contributed by atoms with Crippen LogP contribution < -0.4 is 15.8 Å². The minimum atomic E-state index is 0.241. The molecule has 0 fully saturated rings. The molecule has 0 saturated heterocycles. The van der Waals surface area contributed by atoms with E-state index >= 15 is 0 Å². The summed E-state index contributed by atoms with van der Waals surface area (Å²) in [6.45, 7) is 5.94. The Morgan fingerprint density at radius 2 is 2.15 bits per heavy atom. The van der Waals surface area contributed by atoms with Gasteiger partial charge in [0.25, 0.3) is 0 Å². The van der Waals surface area contributed by atoms with Crippen molar-refractivity contribution in [2.24, 2.45) is 0 Å². The molecule has 1 aromatic carbocycles. The molecule has 6 heteroatoms. The summed E-state index contributed by atoms with van der Waals surface area (Å²) >= 11 is 3.44. The molecule has 1 heterocycles. The summed E-state index contributed by atoms with van der Waals surface area (Å²) in [5, 5.41) is 3.18. The van der Waals surface area contributed by atoms with Crippen LogP contribution in [0.2, 0.25) is 0 Å². The van der Waals surface area contributed by atoms with Crippen molar-refractivity contribution < 1.29 is 4.74 Å². The van der Waals surface area contributed by atoms with Crippen LogP contribution in [0, 0.1) is 6.92 Å². The maximum atomic E-state index is 5.63. The van der Waals surface area contributed by atoms with Gasteiger partial charge in [-0.3, -0.25) is 0 Å². The fraction of sp³-hybridized carbons (Fsp3) is 0.143. The van der Waals surface area contributed by atoms with E-state index in [9.17, 15) is 0 Å². The number of nitrogens with two attached hydrogens (primary N) is 1. The lowest BCUT2D eigenvalue weighted by Crippen LogP contribution is -2.01. The van der Waals surface area contributed by atoms with Crippen molar-refractivity contribution in [3.8, 4) is 5.75 Å². The molecule has 0 spiro atoms. The van der Waals surface area contributed by atoms with Crippen LogP contribution in [0.4, 0.5) is 17.5 Å². The van der Waals surface area contributed by atoms with Gasteiger partial charge in [0.2, 0.25) is 5.95 Å². The zero-order chi connectivity index (χ0) is 14.5. The second-order valence-corrected chi connectivity index (χ2v) is 5.07. The molecule has 0 atom stereocenters. The number of aryl methyl sites for hydroxylation is 1. The molecule has 0 aliphatic carbocycles. The lowest BCUT2D eigenvalue weighted by atomic mass is 10.3. The SMILES string of the molecule is C=CCOc1cc(Br)cc(Nc2cc(C)nc(N)n2)c1. The van der Waals surface area contributed by atoms with Gasteiger partial charge in [0.05, 0.1) is 0 Å². The first-order chi connectivity index (χ1) is 9.56. The van der Waals surface area contributed by atoms with E-state index < -0.39 is 0 Å². The molecule has 0 aliphatic rings. The number of nitrogens with one attached hydrogen (secondary N) is 1. The summed E-state index contributed by atoms with van der Waals surface area (Å²) in [6, 6.07) is 7.51. The Morgan fingerprint density at radius 1 is 1.35 bits per heavy atom. The Labute approximate surface area is 126 Å². The van der Waals surface area contributed by atoms with E-state index in [1.54, 1.807) is 6.08 Å². The molecule has 0 bridgehead atoms. The summed E-state index contributed by atoms with van der Waals surface area (Å²) in [5.41, 5.74) is 7.28. The van der Waals surface area contributed by atoms with Crippen LogP contribution in [0.3, 0.4) is 0 Å². The number of rotatable bonds is 5. The Balaban J connectivity index is 2.23. The van der Waals surface area contributed by atoms with Gasteiger partial charge in [0.15, 0.2) is 0 Å². The molecule has 1 aromatic heterocycles. The first-order valence-corrected chi connectivity index (χ1v) is 6.78. The summed E-state index contributed by atoms with van der Waals surface area (Å²) in [7, 11) is 0. The fourth-order valence-corrected chi connectivity index (χ4v) is 2.15. The van der Waals surface area contributed by atoms with E-state index in [2.05, 4.69) is 37.8 Å². The van der Waals surface area contributed by atoms with Gasteiger partial charge in [0, 0.05) is 28.0 Å². The highest BCUT2D eigenvalue weighted by Gasteiger charge is 2.03. The maximum absolute atomic E-state index is 5.63. The topological polar surface area (TPSA) is 73.1 Å². The number of halogens is 1. The van der Waals surface area contributed by atoms with Gasteiger partial charge in [-0.25, -0.2) is 4.98 Å². The highest BCUT2D eigenvalue weighted by molar-refractivity contribution is 9.10. The van der Waals surface area contributed by atoms with Crippen molar-refractivity contribution in [2.45, 2.75) is 6.92 Å². The van der Waals surface area contributed by atoms with E-state index in [1.165, 1.54) is 0 Å². The second-order valence-electron chi connectivity index (χ2n) is 4.15. The van der Waals surface area contributed by atoms with Gasteiger partial charge >= 0.3 is 0 Å². The largest absolute Gasteiger partial charge is 0.489 e. The number of nitrogen functional groups attached to an aromatic ring is 1. The van der Waals surface area contributed by atoms with Crippen LogP contribution in [0.5, 0.6) is 5.75 Å². The Hall–Kier alpha value is -2.08. The van der Waals surface area contributed by atoms with Gasteiger partial charge in [-0.1, -0.05) is 28.6 Å².